The van der Waals surface area contributed by atoms with Crippen molar-refractivity contribution >= 4 is 45.7 Å². The van der Waals surface area contributed by atoms with Gasteiger partial charge in [0.05, 0.1) is 5.52 Å². The summed E-state index contributed by atoms with van der Waals surface area (Å²) in [5, 5.41) is 12.2. The number of hydrogen-bond donors (Lipinski definition) is 3. The lowest BCUT2D eigenvalue weighted by atomic mass is 9.86. The van der Waals surface area contributed by atoms with E-state index < -0.39 is 0 Å². The number of nitrogens with one attached hydrogen (secondary N) is 3. The zero-order valence-corrected chi connectivity index (χ0v) is 20.6. The van der Waals surface area contributed by atoms with E-state index in [0.29, 0.717) is 17.1 Å². The van der Waals surface area contributed by atoms with Gasteiger partial charge in [0.15, 0.2) is 5.11 Å². The molecule has 3 aromatic rings. The van der Waals surface area contributed by atoms with Gasteiger partial charge in [0.2, 0.25) is 5.95 Å². The Morgan fingerprint density at radius 1 is 1.00 bits per heavy atom. The Balaban J connectivity index is 1.27. The molecule has 0 atom stereocenters. The number of hydrogen-bond acceptors (Lipinski definition) is 5. The van der Waals surface area contributed by atoms with Crippen LogP contribution in [0.3, 0.4) is 0 Å². The first kappa shape index (κ1) is 23.2. The lowest BCUT2D eigenvalue weighted by Crippen LogP contribution is -2.36. The summed E-state index contributed by atoms with van der Waals surface area (Å²) in [5.41, 5.74) is 3.35. The molecule has 1 heterocycles. The summed E-state index contributed by atoms with van der Waals surface area (Å²) in [5.74, 6) is 2.30. The highest BCUT2D eigenvalue weighted by atomic mass is 32.1. The van der Waals surface area contributed by atoms with Crippen LogP contribution in [0.15, 0.2) is 48.5 Å². The van der Waals surface area contributed by atoms with Crippen LogP contribution < -0.4 is 20.9 Å². The molecular weight excluding hydrogens is 428 g/mol. The molecule has 174 valence electrons. The van der Waals surface area contributed by atoms with Crippen LogP contribution in [0.4, 0.5) is 17.5 Å². The van der Waals surface area contributed by atoms with Gasteiger partial charge in [0, 0.05) is 37.8 Å². The maximum absolute atomic E-state index is 5.54. The van der Waals surface area contributed by atoms with Crippen LogP contribution in [0.25, 0.3) is 10.9 Å². The number of fused-ring (bicyclic) bond motifs is 1. The molecule has 7 heteroatoms. The van der Waals surface area contributed by atoms with E-state index >= 15 is 0 Å². The molecule has 0 radical (unpaired) electrons. The van der Waals surface area contributed by atoms with E-state index in [9.17, 15) is 0 Å². The predicted octanol–water partition coefficient (Wildman–Crippen LogP) is 5.22. The minimum absolute atomic E-state index is 0.402. The van der Waals surface area contributed by atoms with Crippen molar-refractivity contribution in [2.75, 3.05) is 36.2 Å². The number of thiocarbonyl (C=S) groups is 1. The van der Waals surface area contributed by atoms with E-state index in [1.807, 2.05) is 43.3 Å². The fourth-order valence-corrected chi connectivity index (χ4v) is 4.71. The van der Waals surface area contributed by atoms with Gasteiger partial charge in [0.25, 0.3) is 0 Å². The molecule has 0 saturated heterocycles. The van der Waals surface area contributed by atoms with Gasteiger partial charge in [-0.1, -0.05) is 37.3 Å². The summed E-state index contributed by atoms with van der Waals surface area (Å²) < 4.78 is 0. The van der Waals surface area contributed by atoms with Gasteiger partial charge >= 0.3 is 0 Å². The number of anilines is 3. The van der Waals surface area contributed by atoms with Gasteiger partial charge in [-0.25, -0.2) is 4.98 Å². The monoisotopic (exact) mass is 462 g/mol. The molecule has 4 rings (SSSR count). The molecule has 1 aliphatic rings. The first-order valence-electron chi connectivity index (χ1n) is 11.9. The molecule has 0 amide bonds. The van der Waals surface area contributed by atoms with E-state index in [2.05, 4.69) is 47.1 Å². The van der Waals surface area contributed by atoms with Crippen LogP contribution in [0, 0.1) is 5.92 Å². The third-order valence-electron chi connectivity index (χ3n) is 6.38. The molecular formula is C26H34N6S. The van der Waals surface area contributed by atoms with Crippen molar-refractivity contribution in [2.45, 2.75) is 45.1 Å². The molecule has 1 aromatic heterocycles. The largest absolute Gasteiger partial charge is 0.362 e. The third kappa shape index (κ3) is 5.90. The summed E-state index contributed by atoms with van der Waals surface area (Å²) in [6.07, 6.45) is 5.52. The van der Waals surface area contributed by atoms with Crippen LogP contribution in [0.2, 0.25) is 0 Å². The molecule has 2 aromatic carbocycles. The number of benzene rings is 2. The van der Waals surface area contributed by atoms with Gasteiger partial charge in [0.1, 0.15) is 5.82 Å². The summed E-state index contributed by atoms with van der Waals surface area (Å²) >= 11 is 5.54. The van der Waals surface area contributed by atoms with Gasteiger partial charge in [-0.2, -0.15) is 4.98 Å². The van der Waals surface area contributed by atoms with E-state index in [1.165, 1.54) is 5.56 Å². The first-order valence-corrected chi connectivity index (χ1v) is 12.3. The van der Waals surface area contributed by atoms with Crippen molar-refractivity contribution in [1.29, 1.82) is 0 Å². The van der Waals surface area contributed by atoms with Crippen molar-refractivity contribution in [3.63, 3.8) is 0 Å². The summed E-state index contributed by atoms with van der Waals surface area (Å²) in [6.45, 7) is 3.07. The van der Waals surface area contributed by atoms with E-state index in [4.69, 9.17) is 22.2 Å². The van der Waals surface area contributed by atoms with Crippen LogP contribution in [-0.4, -0.2) is 41.8 Å². The predicted molar refractivity (Wildman–Crippen MR) is 143 cm³/mol. The maximum atomic E-state index is 5.54. The lowest BCUT2D eigenvalue weighted by molar-refractivity contribution is 0.336. The molecule has 1 fully saturated rings. The van der Waals surface area contributed by atoms with E-state index in [1.54, 1.807) is 0 Å². The second-order valence-corrected chi connectivity index (χ2v) is 9.40. The van der Waals surface area contributed by atoms with Crippen LogP contribution in [-0.2, 0) is 6.42 Å². The molecule has 0 bridgehead atoms. The van der Waals surface area contributed by atoms with Crippen molar-refractivity contribution in [3.05, 3.63) is 54.1 Å². The molecule has 0 aliphatic heterocycles. The van der Waals surface area contributed by atoms with Crippen molar-refractivity contribution in [2.24, 2.45) is 5.92 Å². The molecule has 6 nitrogen and oxygen atoms in total. The summed E-state index contributed by atoms with van der Waals surface area (Å²) in [4.78, 5) is 11.6. The number of rotatable bonds is 7. The standard InChI is InChI=1S/C26H34N6S/c1-4-19-9-5-7-11-22(19)30-26(33)27-17-18-13-15-20(16-14-18)28-25-29-23-12-8-6-10-21(23)24(31-25)32(2)3/h5-12,18,20H,4,13-17H2,1-3H3,(H2,27,30,33)(H,28,29,31). The van der Waals surface area contributed by atoms with Gasteiger partial charge in [-0.3, -0.25) is 0 Å². The lowest BCUT2D eigenvalue weighted by Gasteiger charge is -2.30. The Labute approximate surface area is 202 Å². The Bertz CT molecular complexity index is 1090. The number of aromatic nitrogens is 2. The average molecular weight is 463 g/mol. The highest BCUT2D eigenvalue weighted by Crippen LogP contribution is 2.28. The highest BCUT2D eigenvalue weighted by Gasteiger charge is 2.22. The SMILES string of the molecule is CCc1ccccc1NC(=S)NCC1CCC(Nc2nc(N(C)C)c3ccccc3n2)CC1. The molecule has 33 heavy (non-hydrogen) atoms. The number of para-hydroxylation sites is 2. The van der Waals surface area contributed by atoms with Crippen LogP contribution in [0.5, 0.6) is 0 Å². The third-order valence-corrected chi connectivity index (χ3v) is 6.63. The fourth-order valence-electron chi connectivity index (χ4n) is 4.51. The number of nitrogens with zero attached hydrogens (tertiary/aromatic N) is 3. The summed E-state index contributed by atoms with van der Waals surface area (Å²) in [6, 6.07) is 16.9. The fraction of sp³-hybridized carbons (Fsp3) is 0.423. The van der Waals surface area contributed by atoms with Gasteiger partial charge in [-0.05, 0) is 74.0 Å². The Hall–Kier alpha value is -2.93. The molecule has 0 spiro atoms. The van der Waals surface area contributed by atoms with Gasteiger partial charge < -0.3 is 20.9 Å². The Kier molecular flexibility index (Phi) is 7.60. The molecule has 1 saturated carbocycles. The maximum Gasteiger partial charge on any atom is 0.225 e. The van der Waals surface area contributed by atoms with Crippen molar-refractivity contribution in [1.82, 2.24) is 15.3 Å². The quantitative estimate of drug-likeness (QED) is 0.416. The minimum Gasteiger partial charge on any atom is -0.362 e. The normalized spacial score (nSPS) is 18.0. The topological polar surface area (TPSA) is 65.1 Å². The van der Waals surface area contributed by atoms with E-state index in [-0.39, 0.29) is 0 Å². The average Bonchev–Trinajstić information content (AvgIpc) is 2.83. The first-order chi connectivity index (χ1) is 16.0. The second kappa shape index (κ2) is 10.8. The van der Waals surface area contributed by atoms with Crippen LogP contribution >= 0.6 is 12.2 Å². The van der Waals surface area contributed by atoms with Crippen molar-refractivity contribution < 1.29 is 0 Å². The minimum atomic E-state index is 0.402. The second-order valence-electron chi connectivity index (χ2n) is 8.99. The Morgan fingerprint density at radius 3 is 2.48 bits per heavy atom. The smallest absolute Gasteiger partial charge is 0.225 e. The van der Waals surface area contributed by atoms with Gasteiger partial charge in [-0.15, -0.1) is 0 Å². The molecule has 3 N–H and O–H groups in total. The molecule has 0 unspecified atom stereocenters. The number of aryl methyl sites for hydroxylation is 1. The zero-order valence-electron chi connectivity index (χ0n) is 19.8. The Morgan fingerprint density at radius 2 is 1.73 bits per heavy atom. The van der Waals surface area contributed by atoms with Crippen molar-refractivity contribution in [3.8, 4) is 0 Å². The van der Waals surface area contributed by atoms with Crippen LogP contribution in [0.1, 0.15) is 38.2 Å². The zero-order chi connectivity index (χ0) is 23.2. The van der Waals surface area contributed by atoms with E-state index in [0.717, 1.165) is 67.0 Å². The molecule has 1 aliphatic carbocycles. The summed E-state index contributed by atoms with van der Waals surface area (Å²) in [7, 11) is 4.05. The highest BCUT2D eigenvalue weighted by molar-refractivity contribution is 7.80.